The SMILES string of the molecule is Cc1cccc(C)c1-c1cc2c3c(c1)N(c1ccc4c(c1)C(C)(C)CCC4(C)C)c1cc4c(cc1B3N(c1ccc3c(c1)C(C)(C)CCC3(C)C)c1cc3c(cc1-2)-c1cc2c(cc1C3(C)C)C(C)(C)CCC2(C)C)C(C)(C)CCC4(C)C. The summed E-state index contributed by atoms with van der Waals surface area (Å²) in [5.41, 5.74) is 35.6. The molecule has 7 aromatic carbocycles. The molecule has 5 aliphatic carbocycles. The van der Waals surface area contributed by atoms with E-state index in [9.17, 15) is 0 Å². The fourth-order valence-corrected chi connectivity index (χ4v) is 17.7. The van der Waals surface area contributed by atoms with Crippen LogP contribution in [0.15, 0.2) is 103 Å². The van der Waals surface area contributed by atoms with Crippen molar-refractivity contribution in [3.05, 3.63) is 170 Å². The second kappa shape index (κ2) is 16.8. The molecule has 422 valence electrons. The zero-order chi connectivity index (χ0) is 58.3. The summed E-state index contributed by atoms with van der Waals surface area (Å²) in [6.07, 6.45) is 9.46. The van der Waals surface area contributed by atoms with E-state index in [-0.39, 0.29) is 55.6 Å². The van der Waals surface area contributed by atoms with Gasteiger partial charge in [0.05, 0.1) is 0 Å². The first-order valence-corrected chi connectivity index (χ1v) is 31.9. The number of anilines is 5. The summed E-state index contributed by atoms with van der Waals surface area (Å²) in [5.74, 6) is 0. The van der Waals surface area contributed by atoms with Crippen molar-refractivity contribution in [2.45, 2.75) is 239 Å². The molecule has 0 fully saturated rings. The van der Waals surface area contributed by atoms with Crippen LogP contribution in [0.25, 0.3) is 33.4 Å². The van der Waals surface area contributed by atoms with E-state index >= 15 is 0 Å². The molecule has 2 nitrogen and oxygen atoms in total. The van der Waals surface area contributed by atoms with E-state index in [1.807, 2.05) is 0 Å². The van der Waals surface area contributed by atoms with E-state index < -0.39 is 0 Å². The van der Waals surface area contributed by atoms with Crippen LogP contribution < -0.4 is 20.6 Å². The van der Waals surface area contributed by atoms with Gasteiger partial charge in [0.25, 0.3) is 0 Å². The van der Waals surface area contributed by atoms with Gasteiger partial charge in [0.2, 0.25) is 0 Å². The maximum atomic E-state index is 2.89. The van der Waals surface area contributed by atoms with Gasteiger partial charge in [-0.15, -0.1) is 0 Å². The first kappa shape index (κ1) is 54.2. The summed E-state index contributed by atoms with van der Waals surface area (Å²) in [6, 6.07) is 43.9. The Morgan fingerprint density at radius 3 is 1.28 bits per heavy atom. The minimum Gasteiger partial charge on any atom is -0.376 e. The average molecular weight is 1080 g/mol. The zero-order valence-electron chi connectivity index (χ0n) is 53.9. The Morgan fingerprint density at radius 1 is 0.329 bits per heavy atom. The Morgan fingerprint density at radius 2 is 0.744 bits per heavy atom. The summed E-state index contributed by atoms with van der Waals surface area (Å²) in [4.78, 5) is 5.66. The van der Waals surface area contributed by atoms with Gasteiger partial charge in [-0.3, -0.25) is 0 Å². The standard InChI is InChI=1S/C79H93BN2/c1-46-22-21-23-47(2)69(46)48-36-54-53-40-51-52-41-61-62(76(13,14)33-32-75(61,11)12)42-57(52)79(19,20)58(51)44-66(53)82(50-25-27-56-60(39-50)74(9,10)31-29-72(56,5)6)80-65-43-63-64(78(17,18)35-34-77(63,15)16)45-67(65)81(68(37-48)70(54)80)49-24-26-55-59(38-49)73(7,8)30-28-71(55,3)4/h21-27,36-45H,28-35H2,1-20H3. The van der Waals surface area contributed by atoms with Crippen molar-refractivity contribution in [2.75, 3.05) is 9.71 Å². The summed E-state index contributed by atoms with van der Waals surface area (Å²) in [7, 11) is 0. The maximum Gasteiger partial charge on any atom is 0.333 e. The monoisotopic (exact) mass is 1080 g/mol. The lowest BCUT2D eigenvalue weighted by Crippen LogP contribution is -2.62. The van der Waals surface area contributed by atoms with Gasteiger partial charge in [-0.2, -0.15) is 0 Å². The number of aryl methyl sites for hydroxylation is 2. The highest BCUT2D eigenvalue weighted by Gasteiger charge is 2.51. The molecule has 0 bridgehead atoms. The molecule has 3 heteroatoms. The van der Waals surface area contributed by atoms with Crippen molar-refractivity contribution in [1.29, 1.82) is 0 Å². The normalized spacial score (nSPS) is 22.1. The molecule has 7 aromatic rings. The molecule has 14 rings (SSSR count). The molecule has 82 heavy (non-hydrogen) atoms. The average Bonchev–Trinajstić information content (AvgIpc) is 1.84. The third-order valence-electron chi connectivity index (χ3n) is 23.8. The molecule has 0 aromatic heterocycles. The number of hydrogen-bond donors (Lipinski definition) is 0. The van der Waals surface area contributed by atoms with Crippen molar-refractivity contribution in [3.8, 4) is 33.4 Å². The van der Waals surface area contributed by atoms with Gasteiger partial charge in [-0.05, 0) is 275 Å². The summed E-state index contributed by atoms with van der Waals surface area (Å²) in [5, 5.41) is 0. The Balaban J connectivity index is 1.15. The molecule has 0 atom stereocenters. The fourth-order valence-electron chi connectivity index (χ4n) is 17.7. The molecule has 0 saturated heterocycles. The van der Waals surface area contributed by atoms with Crippen molar-refractivity contribution < 1.29 is 0 Å². The second-order valence-corrected chi connectivity index (χ2v) is 33.3. The number of nitrogens with zero attached hydrogens (tertiary/aromatic N) is 2. The molecular formula is C79H93BN2. The molecule has 0 radical (unpaired) electrons. The topological polar surface area (TPSA) is 6.48 Å². The molecule has 0 saturated carbocycles. The van der Waals surface area contributed by atoms with Crippen LogP contribution in [-0.2, 0) is 48.7 Å². The molecular weight excluding hydrogens is 988 g/mol. The van der Waals surface area contributed by atoms with E-state index in [1.165, 1.54) is 179 Å². The van der Waals surface area contributed by atoms with Crippen LogP contribution >= 0.6 is 0 Å². The molecule has 2 heterocycles. The lowest BCUT2D eigenvalue weighted by Gasteiger charge is -2.49. The Labute approximate surface area is 495 Å². The molecule has 7 aliphatic rings. The van der Waals surface area contributed by atoms with Crippen LogP contribution in [0.4, 0.5) is 28.4 Å². The van der Waals surface area contributed by atoms with Crippen LogP contribution in [0.3, 0.4) is 0 Å². The van der Waals surface area contributed by atoms with Crippen LogP contribution in [0.1, 0.15) is 243 Å². The van der Waals surface area contributed by atoms with Crippen LogP contribution in [0, 0.1) is 13.8 Å². The van der Waals surface area contributed by atoms with Gasteiger partial charge in [-0.1, -0.05) is 167 Å². The van der Waals surface area contributed by atoms with Crippen molar-refractivity contribution in [1.82, 2.24) is 0 Å². The Kier molecular flexibility index (Phi) is 11.1. The predicted molar refractivity (Wildman–Crippen MR) is 354 cm³/mol. The van der Waals surface area contributed by atoms with E-state index in [0.29, 0.717) is 0 Å². The summed E-state index contributed by atoms with van der Waals surface area (Å²) in [6.45, 7) is 49.7. The highest BCUT2D eigenvalue weighted by Crippen LogP contribution is 2.60. The number of fused-ring (bicyclic) bond motifs is 11. The lowest BCUT2D eigenvalue weighted by atomic mass is 9.42. The van der Waals surface area contributed by atoms with Crippen molar-refractivity contribution in [2.24, 2.45) is 0 Å². The van der Waals surface area contributed by atoms with E-state index in [0.717, 1.165) is 6.42 Å². The van der Waals surface area contributed by atoms with Gasteiger partial charge in [0.15, 0.2) is 0 Å². The van der Waals surface area contributed by atoms with Gasteiger partial charge in [0.1, 0.15) is 0 Å². The number of benzene rings is 7. The van der Waals surface area contributed by atoms with Crippen molar-refractivity contribution in [3.63, 3.8) is 0 Å². The van der Waals surface area contributed by atoms with Gasteiger partial charge in [0, 0.05) is 39.4 Å². The number of rotatable bonds is 3. The maximum absolute atomic E-state index is 2.89. The molecule has 0 amide bonds. The second-order valence-electron chi connectivity index (χ2n) is 33.3. The minimum absolute atomic E-state index is 0.0131. The van der Waals surface area contributed by atoms with Crippen molar-refractivity contribution >= 4 is 46.2 Å². The smallest absolute Gasteiger partial charge is 0.333 e. The third kappa shape index (κ3) is 7.50. The van der Waals surface area contributed by atoms with Gasteiger partial charge < -0.3 is 9.71 Å². The third-order valence-corrected chi connectivity index (χ3v) is 23.8. The summed E-state index contributed by atoms with van der Waals surface area (Å²) >= 11 is 0. The Hall–Kier alpha value is -5.80. The molecule has 0 N–H and O–H groups in total. The highest BCUT2D eigenvalue weighted by atomic mass is 15.2. The molecule has 2 aliphatic heterocycles. The molecule has 0 spiro atoms. The molecule has 0 unspecified atom stereocenters. The Bertz CT molecular complexity index is 3930. The minimum atomic E-state index is -0.212. The van der Waals surface area contributed by atoms with E-state index in [1.54, 1.807) is 5.56 Å². The first-order chi connectivity index (χ1) is 38.2. The lowest BCUT2D eigenvalue weighted by molar-refractivity contribution is 0.331. The van der Waals surface area contributed by atoms with Crippen LogP contribution in [0.2, 0.25) is 0 Å². The van der Waals surface area contributed by atoms with E-state index in [2.05, 4.69) is 251 Å². The quantitative estimate of drug-likeness (QED) is 0.163. The fraction of sp³-hybridized carbons (Fsp3) is 0.468. The number of hydrogen-bond acceptors (Lipinski definition) is 2. The largest absolute Gasteiger partial charge is 0.376 e. The zero-order valence-corrected chi connectivity index (χ0v) is 53.9. The van der Waals surface area contributed by atoms with Gasteiger partial charge >= 0.3 is 6.85 Å². The predicted octanol–water partition coefficient (Wildman–Crippen LogP) is 20.4. The van der Waals surface area contributed by atoms with Crippen LogP contribution in [-0.4, -0.2) is 6.85 Å². The van der Waals surface area contributed by atoms with E-state index in [4.69, 9.17) is 0 Å². The van der Waals surface area contributed by atoms with Gasteiger partial charge in [-0.25, -0.2) is 0 Å². The first-order valence-electron chi connectivity index (χ1n) is 31.9. The highest BCUT2D eigenvalue weighted by molar-refractivity contribution is 6.93. The van der Waals surface area contributed by atoms with Crippen LogP contribution in [0.5, 0.6) is 0 Å². The summed E-state index contributed by atoms with van der Waals surface area (Å²) < 4.78 is 0.